The summed E-state index contributed by atoms with van der Waals surface area (Å²) in [5.41, 5.74) is 0.114. The second-order valence-corrected chi connectivity index (χ2v) is 6.26. The van der Waals surface area contributed by atoms with Crippen molar-refractivity contribution >= 4 is 11.8 Å². The van der Waals surface area contributed by atoms with Crippen LogP contribution in [0.25, 0.3) is 0 Å². The topological polar surface area (TPSA) is 52.0 Å². The molecule has 5 nitrogen and oxygen atoms in total. The van der Waals surface area contributed by atoms with Gasteiger partial charge in [-0.3, -0.25) is 0 Å². The van der Waals surface area contributed by atoms with Crippen molar-refractivity contribution in [3.63, 3.8) is 0 Å². The van der Waals surface area contributed by atoms with Crippen molar-refractivity contribution in [2.24, 2.45) is 0 Å². The van der Waals surface area contributed by atoms with Gasteiger partial charge in [0.1, 0.15) is 6.33 Å². The second-order valence-electron chi connectivity index (χ2n) is 5.15. The van der Waals surface area contributed by atoms with Crippen LogP contribution in [0, 0.1) is 0 Å². The summed E-state index contributed by atoms with van der Waals surface area (Å²) in [5, 5.41) is 7.64. The minimum absolute atomic E-state index is 0.114. The van der Waals surface area contributed by atoms with E-state index in [0.717, 1.165) is 37.6 Å². The van der Waals surface area contributed by atoms with Crippen LogP contribution in [0.4, 0.5) is 0 Å². The molecule has 0 saturated carbocycles. The maximum Gasteiger partial charge on any atom is 0.164 e. The lowest BCUT2D eigenvalue weighted by atomic mass is 9.90. The van der Waals surface area contributed by atoms with Crippen LogP contribution in [0.3, 0.4) is 0 Å². The predicted molar refractivity (Wildman–Crippen MR) is 71.7 cm³/mol. The van der Waals surface area contributed by atoms with Crippen LogP contribution < -0.4 is 5.32 Å². The third-order valence-corrected chi connectivity index (χ3v) is 5.02. The summed E-state index contributed by atoms with van der Waals surface area (Å²) in [4.78, 5) is 4.34. The molecule has 3 rings (SSSR count). The minimum atomic E-state index is 0.114. The summed E-state index contributed by atoms with van der Waals surface area (Å²) < 4.78 is 8.08. The van der Waals surface area contributed by atoms with Crippen LogP contribution in [-0.4, -0.2) is 45.5 Å². The van der Waals surface area contributed by atoms with Gasteiger partial charge in [0.2, 0.25) is 0 Å². The first-order chi connectivity index (χ1) is 8.81. The van der Waals surface area contributed by atoms with E-state index in [-0.39, 0.29) is 5.60 Å². The van der Waals surface area contributed by atoms with Crippen molar-refractivity contribution in [1.29, 1.82) is 0 Å². The van der Waals surface area contributed by atoms with Crippen molar-refractivity contribution in [2.75, 3.05) is 25.2 Å². The fraction of sp³-hybridized carbons (Fsp3) is 0.833. The normalized spacial score (nSPS) is 32.2. The minimum Gasteiger partial charge on any atom is -0.374 e. The molecule has 3 heterocycles. The highest BCUT2D eigenvalue weighted by molar-refractivity contribution is 7.99. The summed E-state index contributed by atoms with van der Waals surface area (Å²) in [7, 11) is 1.92. The number of hydrogen-bond donors (Lipinski definition) is 1. The Kier molecular flexibility index (Phi) is 3.59. The zero-order valence-electron chi connectivity index (χ0n) is 10.8. The quantitative estimate of drug-likeness (QED) is 0.893. The highest BCUT2D eigenvalue weighted by Gasteiger charge is 2.41. The van der Waals surface area contributed by atoms with Gasteiger partial charge < -0.3 is 10.1 Å². The molecule has 6 heteroatoms. The monoisotopic (exact) mass is 268 g/mol. The fourth-order valence-electron chi connectivity index (χ4n) is 2.82. The summed E-state index contributed by atoms with van der Waals surface area (Å²) in [6.45, 7) is 1.59. The largest absolute Gasteiger partial charge is 0.374 e. The van der Waals surface area contributed by atoms with Gasteiger partial charge in [0.25, 0.3) is 0 Å². The Balaban J connectivity index is 1.71. The highest BCUT2D eigenvalue weighted by Crippen LogP contribution is 2.41. The Labute approximate surface area is 112 Å². The summed E-state index contributed by atoms with van der Waals surface area (Å²) in [6, 6.07) is 0.454. The molecule has 18 heavy (non-hydrogen) atoms. The predicted octanol–water partition coefficient (Wildman–Crippen LogP) is 1.22. The van der Waals surface area contributed by atoms with Gasteiger partial charge in [-0.2, -0.15) is 16.9 Å². The molecule has 1 aromatic heterocycles. The summed E-state index contributed by atoms with van der Waals surface area (Å²) in [5.74, 6) is 3.25. The molecule has 2 aliphatic rings. The molecule has 0 aliphatic carbocycles. The molecular weight excluding hydrogens is 248 g/mol. The van der Waals surface area contributed by atoms with Crippen molar-refractivity contribution in [3.8, 4) is 0 Å². The van der Waals surface area contributed by atoms with Gasteiger partial charge in [-0.15, -0.1) is 0 Å². The van der Waals surface area contributed by atoms with Gasteiger partial charge in [0.15, 0.2) is 5.82 Å². The van der Waals surface area contributed by atoms with Crippen molar-refractivity contribution in [2.45, 2.75) is 37.5 Å². The van der Waals surface area contributed by atoms with Crippen molar-refractivity contribution in [1.82, 2.24) is 20.1 Å². The number of thioether (sulfide) groups is 1. The van der Waals surface area contributed by atoms with E-state index in [0.29, 0.717) is 6.04 Å². The van der Waals surface area contributed by atoms with E-state index in [4.69, 9.17) is 4.74 Å². The SMILES string of the molecule is CNCc1ncn(C2CCOC3(CCSC3)C2)n1. The Morgan fingerprint density at radius 3 is 3.39 bits per heavy atom. The molecule has 2 aliphatic heterocycles. The van der Waals surface area contributed by atoms with Crippen molar-refractivity contribution in [3.05, 3.63) is 12.2 Å². The van der Waals surface area contributed by atoms with E-state index >= 15 is 0 Å². The van der Waals surface area contributed by atoms with Crippen LogP contribution in [0.1, 0.15) is 31.1 Å². The molecule has 1 N–H and O–H groups in total. The molecule has 2 saturated heterocycles. The fourth-order valence-corrected chi connectivity index (χ4v) is 4.19. The number of ether oxygens (including phenoxy) is 1. The molecular formula is C12H20N4OS. The molecule has 0 amide bonds. The van der Waals surface area contributed by atoms with Crippen molar-refractivity contribution < 1.29 is 4.74 Å². The Morgan fingerprint density at radius 1 is 1.67 bits per heavy atom. The van der Waals surface area contributed by atoms with Crippen LogP contribution >= 0.6 is 11.8 Å². The zero-order valence-corrected chi connectivity index (χ0v) is 11.6. The number of aromatic nitrogens is 3. The van der Waals surface area contributed by atoms with Gasteiger partial charge in [-0.25, -0.2) is 9.67 Å². The number of nitrogens with one attached hydrogen (secondary N) is 1. The first-order valence-corrected chi connectivity index (χ1v) is 7.73. The van der Waals surface area contributed by atoms with E-state index in [2.05, 4.69) is 15.4 Å². The Hall–Kier alpha value is -0.590. The molecule has 100 valence electrons. The number of nitrogens with zero attached hydrogens (tertiary/aromatic N) is 3. The van der Waals surface area contributed by atoms with Gasteiger partial charge >= 0.3 is 0 Å². The van der Waals surface area contributed by atoms with E-state index in [1.165, 1.54) is 12.2 Å². The first kappa shape index (κ1) is 12.4. The Morgan fingerprint density at radius 2 is 2.61 bits per heavy atom. The van der Waals surface area contributed by atoms with Gasteiger partial charge in [-0.1, -0.05) is 0 Å². The van der Waals surface area contributed by atoms with Gasteiger partial charge in [-0.05, 0) is 32.1 Å². The van der Waals surface area contributed by atoms with Crippen LogP contribution in [0.5, 0.6) is 0 Å². The molecule has 0 radical (unpaired) electrons. The molecule has 0 aromatic carbocycles. The van der Waals surface area contributed by atoms with Gasteiger partial charge in [0.05, 0.1) is 18.2 Å². The average Bonchev–Trinajstić information content (AvgIpc) is 3.00. The number of hydrogen-bond acceptors (Lipinski definition) is 5. The molecule has 0 bridgehead atoms. The van der Waals surface area contributed by atoms with E-state index in [1.807, 2.05) is 29.8 Å². The summed E-state index contributed by atoms with van der Waals surface area (Å²) in [6.07, 6.45) is 5.20. The molecule has 2 atom stereocenters. The lowest BCUT2D eigenvalue weighted by molar-refractivity contribution is -0.0779. The number of rotatable bonds is 3. The van der Waals surface area contributed by atoms with Crippen LogP contribution in [-0.2, 0) is 11.3 Å². The standard InChI is InChI=1S/C12H20N4OS/c1-13-7-11-14-9-16(15-11)10-2-4-17-12(6-10)3-5-18-8-12/h9-10,13H,2-8H2,1H3. The van der Waals surface area contributed by atoms with E-state index < -0.39 is 0 Å². The highest BCUT2D eigenvalue weighted by atomic mass is 32.2. The molecule has 2 fully saturated rings. The average molecular weight is 268 g/mol. The van der Waals surface area contributed by atoms with E-state index in [9.17, 15) is 0 Å². The van der Waals surface area contributed by atoms with E-state index in [1.54, 1.807) is 0 Å². The molecule has 2 unspecified atom stereocenters. The Bertz CT molecular complexity index is 403. The first-order valence-electron chi connectivity index (χ1n) is 6.58. The zero-order chi connectivity index (χ0) is 12.4. The second kappa shape index (κ2) is 5.19. The molecule has 1 aromatic rings. The maximum atomic E-state index is 6.04. The lowest BCUT2D eigenvalue weighted by Crippen LogP contribution is -2.40. The maximum absolute atomic E-state index is 6.04. The summed E-state index contributed by atoms with van der Waals surface area (Å²) >= 11 is 2.01. The van der Waals surface area contributed by atoms with Crippen LogP contribution in [0.15, 0.2) is 6.33 Å². The van der Waals surface area contributed by atoms with Crippen LogP contribution in [0.2, 0.25) is 0 Å². The smallest absolute Gasteiger partial charge is 0.164 e. The van der Waals surface area contributed by atoms with Gasteiger partial charge in [0, 0.05) is 12.4 Å². The third-order valence-electron chi connectivity index (χ3n) is 3.80. The third kappa shape index (κ3) is 2.41. The molecule has 1 spiro atoms. The lowest BCUT2D eigenvalue weighted by Gasteiger charge is -2.37.